The van der Waals surface area contributed by atoms with Crippen molar-refractivity contribution in [2.45, 2.75) is 31.8 Å². The van der Waals surface area contributed by atoms with Gasteiger partial charge in [0.2, 0.25) is 5.91 Å². The first-order valence-corrected chi connectivity index (χ1v) is 8.98. The van der Waals surface area contributed by atoms with Crippen LogP contribution in [0.1, 0.15) is 30.1 Å². The van der Waals surface area contributed by atoms with E-state index in [1.807, 2.05) is 6.07 Å². The van der Waals surface area contributed by atoms with E-state index in [4.69, 9.17) is 0 Å². The highest BCUT2D eigenvalue weighted by molar-refractivity contribution is 5.75. The third-order valence-electron chi connectivity index (χ3n) is 4.54. The molecule has 0 unspecified atom stereocenters. The molecule has 2 heterocycles. The SMILES string of the molecule is O=C(Cn1cnc(-c2ccc(F)cc2)cc1=O)NCc1cc(C2CC2)ncn1. The highest BCUT2D eigenvalue weighted by Crippen LogP contribution is 2.38. The summed E-state index contributed by atoms with van der Waals surface area (Å²) in [5, 5.41) is 2.76. The van der Waals surface area contributed by atoms with Crippen molar-refractivity contribution in [3.8, 4) is 11.3 Å². The highest BCUT2D eigenvalue weighted by atomic mass is 19.1. The second kappa shape index (κ2) is 7.67. The van der Waals surface area contributed by atoms with Crippen LogP contribution < -0.4 is 10.9 Å². The van der Waals surface area contributed by atoms with Crippen molar-refractivity contribution >= 4 is 5.91 Å². The normalized spacial score (nSPS) is 13.3. The highest BCUT2D eigenvalue weighted by Gasteiger charge is 2.25. The number of aromatic nitrogens is 4. The number of rotatable bonds is 6. The number of benzene rings is 1. The Morgan fingerprint density at radius 3 is 2.64 bits per heavy atom. The third kappa shape index (κ3) is 4.28. The van der Waals surface area contributed by atoms with Crippen molar-refractivity contribution in [2.75, 3.05) is 0 Å². The monoisotopic (exact) mass is 379 g/mol. The molecule has 0 aliphatic heterocycles. The van der Waals surface area contributed by atoms with Crippen molar-refractivity contribution < 1.29 is 9.18 Å². The molecule has 1 aliphatic carbocycles. The molecule has 4 rings (SSSR count). The van der Waals surface area contributed by atoms with E-state index < -0.39 is 0 Å². The smallest absolute Gasteiger partial charge is 0.254 e. The molecule has 8 heteroatoms. The van der Waals surface area contributed by atoms with Crippen LogP contribution in [-0.4, -0.2) is 25.4 Å². The van der Waals surface area contributed by atoms with Gasteiger partial charge in [0.05, 0.1) is 24.3 Å². The van der Waals surface area contributed by atoms with Gasteiger partial charge in [0.15, 0.2) is 0 Å². The zero-order chi connectivity index (χ0) is 19.5. The maximum absolute atomic E-state index is 13.0. The van der Waals surface area contributed by atoms with Crippen LogP contribution in [0.3, 0.4) is 0 Å². The number of carbonyl (C=O) groups excluding carboxylic acids is 1. The first-order chi connectivity index (χ1) is 13.6. The van der Waals surface area contributed by atoms with Gasteiger partial charge in [-0.15, -0.1) is 0 Å². The molecule has 1 fully saturated rings. The summed E-state index contributed by atoms with van der Waals surface area (Å²) in [4.78, 5) is 37.0. The molecule has 0 atom stereocenters. The quantitative estimate of drug-likeness (QED) is 0.708. The van der Waals surface area contributed by atoms with Crippen LogP contribution in [0.15, 0.2) is 53.8 Å². The van der Waals surface area contributed by atoms with Crippen molar-refractivity contribution in [1.82, 2.24) is 24.8 Å². The molecule has 7 nitrogen and oxygen atoms in total. The molecule has 0 spiro atoms. The number of nitrogens with zero attached hydrogens (tertiary/aromatic N) is 4. The van der Waals surface area contributed by atoms with Gasteiger partial charge in [0.1, 0.15) is 18.7 Å². The first kappa shape index (κ1) is 18.0. The van der Waals surface area contributed by atoms with E-state index in [0.29, 0.717) is 17.2 Å². The minimum atomic E-state index is -0.360. The number of halogens is 1. The molecule has 1 aromatic carbocycles. The molecule has 1 saturated carbocycles. The predicted octanol–water partition coefficient (Wildman–Crippen LogP) is 2.03. The van der Waals surface area contributed by atoms with Gasteiger partial charge in [-0.2, -0.15) is 0 Å². The van der Waals surface area contributed by atoms with E-state index in [2.05, 4.69) is 20.3 Å². The fraction of sp³-hybridized carbons (Fsp3) is 0.250. The summed E-state index contributed by atoms with van der Waals surface area (Å²) >= 11 is 0. The van der Waals surface area contributed by atoms with E-state index in [9.17, 15) is 14.0 Å². The zero-order valence-corrected chi connectivity index (χ0v) is 15.0. The molecule has 0 radical (unpaired) electrons. The Bertz CT molecular complexity index is 1060. The lowest BCUT2D eigenvalue weighted by Crippen LogP contribution is -2.32. The Balaban J connectivity index is 1.38. The van der Waals surface area contributed by atoms with Crippen LogP contribution in [0.5, 0.6) is 0 Å². The van der Waals surface area contributed by atoms with E-state index >= 15 is 0 Å². The maximum atomic E-state index is 13.0. The molecule has 0 saturated heterocycles. The molecule has 1 aliphatic rings. The molecule has 28 heavy (non-hydrogen) atoms. The van der Waals surface area contributed by atoms with Crippen molar-refractivity contribution in [1.29, 1.82) is 0 Å². The Hall–Kier alpha value is -3.42. The molecule has 142 valence electrons. The summed E-state index contributed by atoms with van der Waals surface area (Å²) < 4.78 is 14.2. The molecule has 1 amide bonds. The minimum absolute atomic E-state index is 0.143. The van der Waals surface area contributed by atoms with Crippen molar-refractivity contribution in [2.24, 2.45) is 0 Å². The summed E-state index contributed by atoms with van der Waals surface area (Å²) in [7, 11) is 0. The van der Waals surface area contributed by atoms with E-state index in [1.165, 1.54) is 35.4 Å². The van der Waals surface area contributed by atoms with Gasteiger partial charge in [-0.3, -0.25) is 14.2 Å². The van der Waals surface area contributed by atoms with Gasteiger partial charge in [-0.25, -0.2) is 19.3 Å². The van der Waals surface area contributed by atoms with Crippen LogP contribution in [0, 0.1) is 5.82 Å². The average Bonchev–Trinajstić information content (AvgIpc) is 3.54. The fourth-order valence-corrected chi connectivity index (χ4v) is 2.84. The topological polar surface area (TPSA) is 89.8 Å². The Morgan fingerprint density at radius 1 is 1.14 bits per heavy atom. The van der Waals surface area contributed by atoms with Gasteiger partial charge in [0.25, 0.3) is 5.56 Å². The number of carbonyl (C=O) groups is 1. The summed E-state index contributed by atoms with van der Waals surface area (Å²) in [5.74, 6) is -0.159. The Labute approximate surface area is 160 Å². The van der Waals surface area contributed by atoms with Gasteiger partial charge < -0.3 is 5.32 Å². The van der Waals surface area contributed by atoms with Crippen molar-refractivity contribution in [3.63, 3.8) is 0 Å². The van der Waals surface area contributed by atoms with Crippen LogP contribution in [-0.2, 0) is 17.9 Å². The standard InChI is InChI=1S/C20H18FN5O2/c21-15-5-3-14(4-6-15)18-8-20(28)26(12-25-18)10-19(27)22-9-16-7-17(13-1-2-13)24-11-23-16/h3-8,11-13H,1-2,9-10H2,(H,22,27). The van der Waals surface area contributed by atoms with E-state index in [0.717, 1.165) is 24.2 Å². The van der Waals surface area contributed by atoms with Crippen LogP contribution in [0.2, 0.25) is 0 Å². The lowest BCUT2D eigenvalue weighted by Gasteiger charge is -2.08. The summed E-state index contributed by atoms with van der Waals surface area (Å²) in [5.41, 5.74) is 2.45. The summed E-state index contributed by atoms with van der Waals surface area (Å²) in [6.07, 6.45) is 5.12. The third-order valence-corrected chi connectivity index (χ3v) is 4.54. The molecule has 0 bridgehead atoms. The predicted molar refractivity (Wildman–Crippen MR) is 99.7 cm³/mol. The minimum Gasteiger partial charge on any atom is -0.349 e. The second-order valence-corrected chi connectivity index (χ2v) is 6.73. The maximum Gasteiger partial charge on any atom is 0.254 e. The number of amides is 1. The number of nitrogens with one attached hydrogen (secondary N) is 1. The first-order valence-electron chi connectivity index (χ1n) is 8.98. The second-order valence-electron chi connectivity index (χ2n) is 6.73. The van der Waals surface area contributed by atoms with Gasteiger partial charge >= 0.3 is 0 Å². The summed E-state index contributed by atoms with van der Waals surface area (Å²) in [6, 6.07) is 8.93. The van der Waals surface area contributed by atoms with Crippen LogP contribution in [0.25, 0.3) is 11.3 Å². The lowest BCUT2D eigenvalue weighted by molar-refractivity contribution is -0.121. The summed E-state index contributed by atoms with van der Waals surface area (Å²) in [6.45, 7) is 0.132. The number of hydrogen-bond donors (Lipinski definition) is 1. The lowest BCUT2D eigenvalue weighted by atomic mass is 10.1. The zero-order valence-electron chi connectivity index (χ0n) is 15.0. The van der Waals surface area contributed by atoms with Gasteiger partial charge in [0, 0.05) is 23.2 Å². The van der Waals surface area contributed by atoms with E-state index in [1.54, 1.807) is 12.1 Å². The average molecular weight is 379 g/mol. The number of hydrogen-bond acceptors (Lipinski definition) is 5. The molecule has 3 aromatic rings. The van der Waals surface area contributed by atoms with Crippen LogP contribution >= 0.6 is 0 Å². The molecule has 1 N–H and O–H groups in total. The Kier molecular flexibility index (Phi) is 4.92. The largest absolute Gasteiger partial charge is 0.349 e. The fourth-order valence-electron chi connectivity index (χ4n) is 2.84. The van der Waals surface area contributed by atoms with Crippen molar-refractivity contribution in [3.05, 3.63) is 76.6 Å². The van der Waals surface area contributed by atoms with Crippen LogP contribution in [0.4, 0.5) is 4.39 Å². The Morgan fingerprint density at radius 2 is 1.93 bits per heavy atom. The van der Waals surface area contributed by atoms with E-state index in [-0.39, 0.29) is 30.4 Å². The van der Waals surface area contributed by atoms with Gasteiger partial charge in [-0.05, 0) is 43.2 Å². The molecular formula is C20H18FN5O2. The van der Waals surface area contributed by atoms with Gasteiger partial charge in [-0.1, -0.05) is 0 Å². The molecule has 2 aromatic heterocycles. The molecular weight excluding hydrogens is 361 g/mol.